The van der Waals surface area contributed by atoms with E-state index < -0.39 is 24.2 Å². The Morgan fingerprint density at radius 2 is 1.75 bits per heavy atom. The Labute approximate surface area is 87.9 Å². The highest BCUT2D eigenvalue weighted by Crippen LogP contribution is 2.24. The van der Waals surface area contributed by atoms with Crippen molar-refractivity contribution < 1.29 is 32.9 Å². The van der Waals surface area contributed by atoms with Crippen LogP contribution in [0.1, 0.15) is 11.7 Å². The average molecular weight is 236 g/mol. The highest BCUT2D eigenvalue weighted by Gasteiger charge is 2.31. The predicted molar refractivity (Wildman–Crippen MR) is 45.7 cm³/mol. The third-order valence-corrected chi connectivity index (χ3v) is 1.66. The monoisotopic (exact) mass is 236 g/mol. The zero-order valence-electron chi connectivity index (χ0n) is 7.73. The topological polar surface area (TPSA) is 66.8 Å². The average Bonchev–Trinajstić information content (AvgIpc) is 2.15. The molecule has 0 aromatic heterocycles. The third kappa shape index (κ3) is 3.43. The van der Waals surface area contributed by atoms with Crippen LogP contribution in [0.5, 0.6) is 5.75 Å². The molecule has 0 unspecified atom stereocenters. The maximum atomic E-state index is 11.8. The molecule has 88 valence electrons. The molecule has 1 atom stereocenters. The lowest BCUT2D eigenvalue weighted by atomic mass is 10.1. The summed E-state index contributed by atoms with van der Waals surface area (Å²) < 4.78 is 38.9. The minimum absolute atomic E-state index is 0.0259. The maximum absolute atomic E-state index is 11.8. The molecule has 4 nitrogen and oxygen atoms in total. The van der Waals surface area contributed by atoms with E-state index in [-0.39, 0.29) is 5.56 Å². The van der Waals surface area contributed by atoms with Crippen LogP contribution in [0, 0.1) is 0 Å². The van der Waals surface area contributed by atoms with Crippen LogP contribution in [-0.2, 0) is 4.79 Å². The first-order chi connectivity index (χ1) is 7.29. The summed E-state index contributed by atoms with van der Waals surface area (Å²) in [6.07, 6.45) is -6.56. The molecule has 0 aliphatic heterocycles. The number of aliphatic carboxylic acids is 1. The van der Waals surface area contributed by atoms with E-state index in [1.807, 2.05) is 0 Å². The summed E-state index contributed by atoms with van der Waals surface area (Å²) >= 11 is 0. The Morgan fingerprint density at radius 1 is 1.25 bits per heavy atom. The van der Waals surface area contributed by atoms with Gasteiger partial charge in [-0.3, -0.25) is 0 Å². The number of carboxylic acids is 1. The van der Waals surface area contributed by atoms with Crippen LogP contribution in [0.3, 0.4) is 0 Å². The summed E-state index contributed by atoms with van der Waals surface area (Å²) in [4.78, 5) is 10.4. The van der Waals surface area contributed by atoms with Gasteiger partial charge in [-0.05, 0) is 17.7 Å². The summed E-state index contributed by atoms with van der Waals surface area (Å²) in [5.41, 5.74) is -0.0259. The van der Waals surface area contributed by atoms with E-state index in [9.17, 15) is 18.0 Å². The molecule has 0 saturated heterocycles. The summed E-state index contributed by atoms with van der Waals surface area (Å²) in [5, 5.41) is 17.5. The Hall–Kier alpha value is -1.76. The first-order valence-corrected chi connectivity index (χ1v) is 4.06. The quantitative estimate of drug-likeness (QED) is 0.838. The highest BCUT2D eigenvalue weighted by atomic mass is 19.4. The van der Waals surface area contributed by atoms with Gasteiger partial charge in [0.05, 0.1) is 0 Å². The van der Waals surface area contributed by atoms with E-state index in [0.717, 1.165) is 24.3 Å². The molecule has 0 fully saturated rings. The van der Waals surface area contributed by atoms with E-state index in [0.29, 0.717) is 0 Å². The molecule has 2 N–H and O–H groups in total. The molecule has 0 saturated carbocycles. The van der Waals surface area contributed by atoms with Crippen LogP contribution in [0.4, 0.5) is 13.2 Å². The van der Waals surface area contributed by atoms with Crippen molar-refractivity contribution in [3.63, 3.8) is 0 Å². The first-order valence-electron chi connectivity index (χ1n) is 4.06. The van der Waals surface area contributed by atoms with Gasteiger partial charge < -0.3 is 14.9 Å². The second-order valence-electron chi connectivity index (χ2n) is 2.86. The van der Waals surface area contributed by atoms with Crippen LogP contribution in [0.25, 0.3) is 0 Å². The number of benzene rings is 1. The Morgan fingerprint density at radius 3 is 2.12 bits per heavy atom. The lowest BCUT2D eigenvalue weighted by Gasteiger charge is -2.10. The van der Waals surface area contributed by atoms with Gasteiger partial charge in [-0.2, -0.15) is 0 Å². The lowest BCUT2D eigenvalue weighted by Crippen LogP contribution is -2.17. The van der Waals surface area contributed by atoms with Crippen LogP contribution >= 0.6 is 0 Å². The van der Waals surface area contributed by atoms with Crippen molar-refractivity contribution in [3.8, 4) is 5.75 Å². The Kier molecular flexibility index (Phi) is 3.38. The minimum atomic E-state index is -4.80. The van der Waals surface area contributed by atoms with Crippen molar-refractivity contribution in [2.75, 3.05) is 0 Å². The predicted octanol–water partition coefficient (Wildman–Crippen LogP) is 1.70. The number of aliphatic hydroxyl groups is 1. The van der Waals surface area contributed by atoms with Crippen molar-refractivity contribution in [2.24, 2.45) is 0 Å². The summed E-state index contributed by atoms with van der Waals surface area (Å²) in [7, 11) is 0. The highest BCUT2D eigenvalue weighted by molar-refractivity contribution is 5.74. The van der Waals surface area contributed by atoms with E-state index in [2.05, 4.69) is 4.74 Å². The molecule has 0 amide bonds. The standard InChI is InChI=1S/C9H7F3O4/c10-9(11,12)16-6-3-1-5(2-4-6)7(13)8(14)15/h1-4,7,13H,(H,14,15)/t7-/m1/s1. The lowest BCUT2D eigenvalue weighted by molar-refractivity contribution is -0.274. The van der Waals surface area contributed by atoms with E-state index in [1.165, 1.54) is 0 Å². The fraction of sp³-hybridized carbons (Fsp3) is 0.222. The maximum Gasteiger partial charge on any atom is 0.573 e. The van der Waals surface area contributed by atoms with Crippen molar-refractivity contribution in [2.45, 2.75) is 12.5 Å². The van der Waals surface area contributed by atoms with Crippen LogP contribution in [0.15, 0.2) is 24.3 Å². The zero-order chi connectivity index (χ0) is 12.3. The second kappa shape index (κ2) is 4.40. The zero-order valence-corrected chi connectivity index (χ0v) is 7.73. The van der Waals surface area contributed by atoms with Crippen LogP contribution in [0.2, 0.25) is 0 Å². The fourth-order valence-corrected chi connectivity index (χ4v) is 0.994. The molecule has 1 aromatic carbocycles. The number of aliphatic hydroxyl groups excluding tert-OH is 1. The van der Waals surface area contributed by atoms with Crippen LogP contribution < -0.4 is 4.74 Å². The molecule has 0 radical (unpaired) electrons. The van der Waals surface area contributed by atoms with Crippen molar-refractivity contribution in [3.05, 3.63) is 29.8 Å². The van der Waals surface area contributed by atoms with Gasteiger partial charge in [0, 0.05) is 0 Å². The summed E-state index contributed by atoms with van der Waals surface area (Å²) in [6.45, 7) is 0. The molecule has 0 bridgehead atoms. The first kappa shape index (κ1) is 12.3. The van der Waals surface area contributed by atoms with Gasteiger partial charge in [-0.1, -0.05) is 12.1 Å². The molecule has 0 spiro atoms. The number of halogens is 3. The summed E-state index contributed by atoms with van der Waals surface area (Å²) in [6, 6.07) is 3.93. The van der Waals surface area contributed by atoms with Gasteiger partial charge in [0.1, 0.15) is 5.75 Å². The number of alkyl halides is 3. The number of hydrogen-bond donors (Lipinski definition) is 2. The van der Waals surface area contributed by atoms with Crippen molar-refractivity contribution in [1.82, 2.24) is 0 Å². The van der Waals surface area contributed by atoms with Crippen molar-refractivity contribution in [1.29, 1.82) is 0 Å². The molecule has 16 heavy (non-hydrogen) atoms. The van der Waals surface area contributed by atoms with Gasteiger partial charge >= 0.3 is 12.3 Å². The van der Waals surface area contributed by atoms with Gasteiger partial charge in [0.15, 0.2) is 6.10 Å². The van der Waals surface area contributed by atoms with E-state index >= 15 is 0 Å². The molecule has 0 heterocycles. The molecule has 0 aliphatic rings. The molecule has 0 aliphatic carbocycles. The Balaban J connectivity index is 2.79. The fourth-order valence-electron chi connectivity index (χ4n) is 0.994. The second-order valence-corrected chi connectivity index (χ2v) is 2.86. The number of carboxylic acid groups (broad SMARTS) is 1. The Bertz CT molecular complexity index is 371. The SMILES string of the molecule is O=C(O)[C@H](O)c1ccc(OC(F)(F)F)cc1. The molecular weight excluding hydrogens is 229 g/mol. The van der Waals surface area contributed by atoms with Crippen LogP contribution in [-0.4, -0.2) is 22.5 Å². The summed E-state index contributed by atoms with van der Waals surface area (Å²) in [5.74, 6) is -1.96. The molecule has 1 rings (SSSR count). The largest absolute Gasteiger partial charge is 0.573 e. The third-order valence-electron chi connectivity index (χ3n) is 1.66. The van der Waals surface area contributed by atoms with Crippen molar-refractivity contribution >= 4 is 5.97 Å². The van der Waals surface area contributed by atoms with Gasteiger partial charge in [-0.25, -0.2) is 4.79 Å². The number of hydrogen-bond acceptors (Lipinski definition) is 3. The van der Waals surface area contributed by atoms with E-state index in [1.54, 1.807) is 0 Å². The molecular formula is C9H7F3O4. The molecule has 1 aromatic rings. The number of ether oxygens (including phenoxy) is 1. The number of carbonyl (C=O) groups is 1. The van der Waals surface area contributed by atoms with Gasteiger partial charge in [0.2, 0.25) is 0 Å². The van der Waals surface area contributed by atoms with Gasteiger partial charge in [-0.15, -0.1) is 13.2 Å². The van der Waals surface area contributed by atoms with Gasteiger partial charge in [0.25, 0.3) is 0 Å². The molecule has 7 heteroatoms. The smallest absolute Gasteiger partial charge is 0.479 e. The minimum Gasteiger partial charge on any atom is -0.479 e. The van der Waals surface area contributed by atoms with E-state index in [4.69, 9.17) is 10.2 Å². The normalized spacial score (nSPS) is 13.2. The number of rotatable bonds is 3.